The molecule has 1 heterocycles. The van der Waals surface area contributed by atoms with Gasteiger partial charge in [0.05, 0.1) is 12.0 Å². The number of aliphatic hydroxyl groups excluding tert-OH is 1. The number of aromatic nitrogens is 2. The average molecular weight is 289 g/mol. The second-order valence-electron chi connectivity index (χ2n) is 4.96. The number of aromatic amines is 1. The third kappa shape index (κ3) is 4.32. The van der Waals surface area contributed by atoms with Crippen LogP contribution in [0.1, 0.15) is 30.5 Å². The maximum absolute atomic E-state index is 11.8. The first kappa shape index (κ1) is 15.1. The van der Waals surface area contributed by atoms with E-state index in [-0.39, 0.29) is 24.0 Å². The van der Waals surface area contributed by atoms with Gasteiger partial charge in [-0.25, -0.2) is 4.98 Å². The van der Waals surface area contributed by atoms with Crippen molar-refractivity contribution in [3.8, 4) is 5.75 Å². The maximum Gasteiger partial charge on any atom is 0.222 e. The number of carbonyl (C=O) groups is 1. The molecule has 21 heavy (non-hydrogen) atoms. The van der Waals surface area contributed by atoms with Crippen LogP contribution >= 0.6 is 0 Å². The van der Waals surface area contributed by atoms with E-state index < -0.39 is 6.23 Å². The molecule has 2 unspecified atom stereocenters. The van der Waals surface area contributed by atoms with E-state index in [1.807, 2.05) is 0 Å². The lowest BCUT2D eigenvalue weighted by Gasteiger charge is -2.18. The van der Waals surface area contributed by atoms with E-state index in [1.165, 1.54) is 6.33 Å². The van der Waals surface area contributed by atoms with Crippen LogP contribution in [0.15, 0.2) is 36.8 Å². The smallest absolute Gasteiger partial charge is 0.222 e. The molecular weight excluding hydrogens is 270 g/mol. The van der Waals surface area contributed by atoms with Gasteiger partial charge >= 0.3 is 0 Å². The number of H-pyrrole nitrogens is 1. The van der Waals surface area contributed by atoms with Crippen LogP contribution < -0.4 is 5.32 Å². The van der Waals surface area contributed by atoms with Crippen molar-refractivity contribution in [1.82, 2.24) is 15.3 Å². The largest absolute Gasteiger partial charge is 0.508 e. The van der Waals surface area contributed by atoms with E-state index in [0.29, 0.717) is 12.1 Å². The minimum Gasteiger partial charge on any atom is -0.508 e. The number of nitrogens with one attached hydrogen (secondary N) is 2. The van der Waals surface area contributed by atoms with Gasteiger partial charge in [-0.05, 0) is 24.1 Å². The fourth-order valence-corrected chi connectivity index (χ4v) is 1.97. The fraction of sp³-hybridized carbons (Fsp3) is 0.333. The predicted molar refractivity (Wildman–Crippen MR) is 77.6 cm³/mol. The van der Waals surface area contributed by atoms with Crippen molar-refractivity contribution < 1.29 is 15.0 Å². The van der Waals surface area contributed by atoms with Gasteiger partial charge in [0.25, 0.3) is 0 Å². The van der Waals surface area contributed by atoms with Gasteiger partial charge < -0.3 is 20.5 Å². The molecule has 0 spiro atoms. The van der Waals surface area contributed by atoms with E-state index in [9.17, 15) is 15.0 Å². The minimum atomic E-state index is -0.972. The quantitative estimate of drug-likeness (QED) is 0.602. The molecule has 6 nitrogen and oxygen atoms in total. The zero-order valence-electron chi connectivity index (χ0n) is 11.8. The molecule has 6 heteroatoms. The molecule has 1 aromatic carbocycles. The molecule has 1 aromatic heterocycles. The predicted octanol–water partition coefficient (Wildman–Crippen LogP) is 1.29. The summed E-state index contributed by atoms with van der Waals surface area (Å²) in [5, 5.41) is 21.7. The Bertz CT molecular complexity index is 566. The molecule has 1 amide bonds. The van der Waals surface area contributed by atoms with Gasteiger partial charge in [-0.2, -0.15) is 0 Å². The van der Waals surface area contributed by atoms with Crippen LogP contribution in [0.3, 0.4) is 0 Å². The number of aryl methyl sites for hydroxylation is 1. The Morgan fingerprint density at radius 2 is 2.10 bits per heavy atom. The normalized spacial score (nSPS) is 13.6. The Kier molecular flexibility index (Phi) is 4.94. The van der Waals surface area contributed by atoms with Gasteiger partial charge in [-0.15, -0.1) is 0 Å². The van der Waals surface area contributed by atoms with Gasteiger partial charge in [0.15, 0.2) is 0 Å². The first-order valence-corrected chi connectivity index (χ1v) is 6.80. The number of phenolic OH excluding ortho intramolecular Hbond substituents is 1. The molecule has 0 radical (unpaired) electrons. The standard InChI is InChI=1S/C15H19N3O3/c1-10(13-8-16-9-17-13)15(21)18-14(20)7-4-11-2-5-12(19)6-3-11/h2-3,5-6,8-10,15,19,21H,4,7H2,1H3,(H,16,17)(H,18,20). The van der Waals surface area contributed by atoms with E-state index in [1.54, 1.807) is 37.4 Å². The van der Waals surface area contributed by atoms with Crippen LogP contribution in [-0.2, 0) is 11.2 Å². The number of hydrogen-bond acceptors (Lipinski definition) is 4. The Morgan fingerprint density at radius 3 is 2.71 bits per heavy atom. The Hall–Kier alpha value is -2.34. The van der Waals surface area contributed by atoms with Crippen LogP contribution in [0.2, 0.25) is 0 Å². The molecule has 4 N–H and O–H groups in total. The van der Waals surface area contributed by atoms with E-state index in [4.69, 9.17) is 0 Å². The van der Waals surface area contributed by atoms with Crippen LogP contribution in [0.5, 0.6) is 5.75 Å². The number of rotatable bonds is 6. The third-order valence-corrected chi connectivity index (χ3v) is 3.35. The van der Waals surface area contributed by atoms with Crippen molar-refractivity contribution in [1.29, 1.82) is 0 Å². The van der Waals surface area contributed by atoms with Gasteiger partial charge in [0.2, 0.25) is 5.91 Å². The summed E-state index contributed by atoms with van der Waals surface area (Å²) in [5.74, 6) is -0.307. The SMILES string of the molecule is CC(c1c[nH]cn1)C(O)NC(=O)CCc1ccc(O)cc1. The Labute approximate surface area is 122 Å². The minimum absolute atomic E-state index is 0.200. The van der Waals surface area contributed by atoms with Gasteiger partial charge in [0, 0.05) is 18.5 Å². The highest BCUT2D eigenvalue weighted by molar-refractivity contribution is 5.76. The van der Waals surface area contributed by atoms with Crippen molar-refractivity contribution in [3.05, 3.63) is 48.0 Å². The first-order valence-electron chi connectivity index (χ1n) is 6.80. The number of imidazole rings is 1. The molecule has 0 saturated carbocycles. The maximum atomic E-state index is 11.8. The molecule has 0 aliphatic heterocycles. The molecule has 2 aromatic rings. The van der Waals surface area contributed by atoms with Crippen molar-refractivity contribution >= 4 is 5.91 Å². The average Bonchev–Trinajstić information content (AvgIpc) is 3.00. The second-order valence-corrected chi connectivity index (χ2v) is 4.96. The monoisotopic (exact) mass is 289 g/mol. The fourth-order valence-electron chi connectivity index (χ4n) is 1.97. The Balaban J connectivity index is 1.80. The van der Waals surface area contributed by atoms with Gasteiger partial charge in [0.1, 0.15) is 12.0 Å². The van der Waals surface area contributed by atoms with E-state index in [0.717, 1.165) is 5.56 Å². The van der Waals surface area contributed by atoms with Crippen LogP contribution in [-0.4, -0.2) is 32.3 Å². The van der Waals surface area contributed by atoms with E-state index >= 15 is 0 Å². The molecule has 0 bridgehead atoms. The lowest BCUT2D eigenvalue weighted by molar-refractivity contribution is -0.124. The van der Waals surface area contributed by atoms with E-state index in [2.05, 4.69) is 15.3 Å². The summed E-state index contributed by atoms with van der Waals surface area (Å²) < 4.78 is 0. The van der Waals surface area contributed by atoms with Crippen LogP contribution in [0.25, 0.3) is 0 Å². The zero-order valence-corrected chi connectivity index (χ0v) is 11.8. The Morgan fingerprint density at radius 1 is 1.38 bits per heavy atom. The molecular formula is C15H19N3O3. The topological polar surface area (TPSA) is 98.2 Å². The summed E-state index contributed by atoms with van der Waals surface area (Å²) in [6.45, 7) is 1.79. The summed E-state index contributed by atoms with van der Waals surface area (Å²) in [7, 11) is 0. The molecule has 112 valence electrons. The summed E-state index contributed by atoms with van der Waals surface area (Å²) in [5.41, 5.74) is 1.65. The summed E-state index contributed by atoms with van der Waals surface area (Å²) >= 11 is 0. The van der Waals surface area contributed by atoms with Crippen molar-refractivity contribution in [2.24, 2.45) is 0 Å². The number of hydrogen-bond donors (Lipinski definition) is 4. The molecule has 0 fully saturated rings. The van der Waals surface area contributed by atoms with Gasteiger partial charge in [-0.1, -0.05) is 19.1 Å². The number of phenols is 1. The van der Waals surface area contributed by atoms with Crippen LogP contribution in [0.4, 0.5) is 0 Å². The number of carbonyl (C=O) groups excluding carboxylic acids is 1. The van der Waals surface area contributed by atoms with Crippen molar-refractivity contribution in [2.75, 3.05) is 0 Å². The molecule has 2 rings (SSSR count). The molecule has 0 saturated heterocycles. The lowest BCUT2D eigenvalue weighted by atomic mass is 10.1. The van der Waals surface area contributed by atoms with Crippen molar-refractivity contribution in [3.63, 3.8) is 0 Å². The highest BCUT2D eigenvalue weighted by atomic mass is 16.3. The summed E-state index contributed by atoms with van der Waals surface area (Å²) in [6.07, 6.45) is 3.08. The van der Waals surface area contributed by atoms with Crippen molar-refractivity contribution in [2.45, 2.75) is 31.9 Å². The van der Waals surface area contributed by atoms with Crippen LogP contribution in [0, 0.1) is 0 Å². The highest BCUT2D eigenvalue weighted by Gasteiger charge is 2.19. The highest BCUT2D eigenvalue weighted by Crippen LogP contribution is 2.15. The summed E-state index contributed by atoms with van der Waals surface area (Å²) in [6, 6.07) is 6.71. The van der Waals surface area contributed by atoms with Gasteiger partial charge in [-0.3, -0.25) is 4.79 Å². The zero-order chi connectivity index (χ0) is 15.2. The lowest BCUT2D eigenvalue weighted by Crippen LogP contribution is -2.38. The molecule has 0 aliphatic rings. The molecule has 0 aliphatic carbocycles. The molecule has 2 atom stereocenters. The second kappa shape index (κ2) is 6.90. The number of nitrogens with zero attached hydrogens (tertiary/aromatic N) is 1. The first-order chi connectivity index (χ1) is 10.1. The third-order valence-electron chi connectivity index (χ3n) is 3.35. The number of benzene rings is 1. The number of aliphatic hydroxyl groups is 1. The number of amides is 1. The summed E-state index contributed by atoms with van der Waals surface area (Å²) in [4.78, 5) is 18.7. The number of aromatic hydroxyl groups is 1.